The number of imidazole rings is 1. The van der Waals surface area contributed by atoms with Crippen molar-refractivity contribution in [1.29, 1.82) is 0 Å². The Hall–Kier alpha value is -2.08. The molecule has 0 bridgehead atoms. The van der Waals surface area contributed by atoms with Crippen LogP contribution in [0.3, 0.4) is 0 Å². The van der Waals surface area contributed by atoms with Crippen molar-refractivity contribution >= 4 is 17.0 Å². The molecule has 0 radical (unpaired) electrons. The summed E-state index contributed by atoms with van der Waals surface area (Å²) in [6.07, 6.45) is 0. The molecule has 96 valence electrons. The molecule has 0 unspecified atom stereocenters. The van der Waals surface area contributed by atoms with Crippen molar-refractivity contribution in [1.82, 2.24) is 14.5 Å². The molecule has 0 fully saturated rings. The lowest BCUT2D eigenvalue weighted by Gasteiger charge is -2.09. The van der Waals surface area contributed by atoms with Gasteiger partial charge in [-0.05, 0) is 26.2 Å². The monoisotopic (exact) mass is 249 g/mol. The summed E-state index contributed by atoms with van der Waals surface area (Å²) in [6, 6.07) is 4.87. The molecular formula is C12H15N3O3. The zero-order valence-electron chi connectivity index (χ0n) is 10.3. The van der Waals surface area contributed by atoms with Gasteiger partial charge in [0.25, 0.3) is 0 Å². The van der Waals surface area contributed by atoms with Crippen LogP contribution in [0.2, 0.25) is 0 Å². The molecule has 0 aliphatic heterocycles. The van der Waals surface area contributed by atoms with E-state index in [4.69, 9.17) is 5.11 Å². The van der Waals surface area contributed by atoms with Crippen LogP contribution in [-0.4, -0.2) is 46.2 Å². The maximum absolute atomic E-state index is 11.8. The van der Waals surface area contributed by atoms with Gasteiger partial charge in [0.15, 0.2) is 0 Å². The fraction of sp³-hybridized carbons (Fsp3) is 0.333. The van der Waals surface area contributed by atoms with Crippen molar-refractivity contribution in [2.75, 3.05) is 20.6 Å². The molecule has 0 saturated heterocycles. The molecule has 1 heterocycles. The number of fused-ring (bicyclic) bond motifs is 1. The number of carboxylic acid groups (broad SMARTS) is 1. The lowest BCUT2D eigenvalue weighted by Crippen LogP contribution is -2.24. The second-order valence-corrected chi connectivity index (χ2v) is 4.39. The first kappa shape index (κ1) is 12.4. The number of benzene rings is 1. The lowest BCUT2D eigenvalue weighted by atomic mass is 10.2. The van der Waals surface area contributed by atoms with Gasteiger partial charge < -0.3 is 15.0 Å². The van der Waals surface area contributed by atoms with Gasteiger partial charge in [-0.1, -0.05) is 6.07 Å². The van der Waals surface area contributed by atoms with Gasteiger partial charge in [0.1, 0.15) is 0 Å². The van der Waals surface area contributed by atoms with Crippen LogP contribution in [0.1, 0.15) is 10.4 Å². The summed E-state index contributed by atoms with van der Waals surface area (Å²) in [4.78, 5) is 27.5. The highest BCUT2D eigenvalue weighted by Crippen LogP contribution is 2.15. The Morgan fingerprint density at radius 2 is 2.17 bits per heavy atom. The number of aromatic nitrogens is 2. The predicted octanol–water partition coefficient (Wildman–Crippen LogP) is 0.589. The highest BCUT2D eigenvalue weighted by atomic mass is 16.4. The largest absolute Gasteiger partial charge is 0.478 e. The number of aromatic carboxylic acids is 1. The smallest absolute Gasteiger partial charge is 0.337 e. The summed E-state index contributed by atoms with van der Waals surface area (Å²) < 4.78 is 1.56. The van der Waals surface area contributed by atoms with E-state index in [0.717, 1.165) is 0 Å². The van der Waals surface area contributed by atoms with E-state index >= 15 is 0 Å². The van der Waals surface area contributed by atoms with E-state index < -0.39 is 5.97 Å². The predicted molar refractivity (Wildman–Crippen MR) is 68.1 cm³/mol. The topological polar surface area (TPSA) is 78.3 Å². The molecule has 1 aromatic heterocycles. The number of rotatable bonds is 4. The molecule has 18 heavy (non-hydrogen) atoms. The van der Waals surface area contributed by atoms with Crippen LogP contribution in [-0.2, 0) is 6.54 Å². The van der Waals surface area contributed by atoms with Gasteiger partial charge in [0.2, 0.25) is 0 Å². The molecule has 1 aromatic carbocycles. The minimum Gasteiger partial charge on any atom is -0.478 e. The van der Waals surface area contributed by atoms with Crippen LogP contribution in [0.4, 0.5) is 0 Å². The van der Waals surface area contributed by atoms with Gasteiger partial charge >= 0.3 is 11.7 Å². The maximum Gasteiger partial charge on any atom is 0.337 e. The van der Waals surface area contributed by atoms with Crippen molar-refractivity contribution in [2.24, 2.45) is 0 Å². The number of nitrogens with zero attached hydrogens (tertiary/aromatic N) is 2. The molecule has 0 atom stereocenters. The van der Waals surface area contributed by atoms with Gasteiger partial charge in [-0.2, -0.15) is 0 Å². The normalized spacial score (nSPS) is 11.3. The van der Waals surface area contributed by atoms with E-state index in [2.05, 4.69) is 4.98 Å². The standard InChI is InChI=1S/C12H15N3O3/c1-14(2)6-7-15-9-5-3-4-8(11(16)17)10(9)13-12(15)18/h3-5H,6-7H2,1-2H3,(H,13,18)(H,16,17). The highest BCUT2D eigenvalue weighted by molar-refractivity contribution is 6.00. The maximum atomic E-state index is 11.8. The lowest BCUT2D eigenvalue weighted by molar-refractivity contribution is 0.0699. The second-order valence-electron chi connectivity index (χ2n) is 4.39. The van der Waals surface area contributed by atoms with Crippen LogP contribution >= 0.6 is 0 Å². The molecule has 0 saturated carbocycles. The van der Waals surface area contributed by atoms with Gasteiger partial charge in [0, 0.05) is 13.1 Å². The molecular weight excluding hydrogens is 234 g/mol. The Morgan fingerprint density at radius 1 is 1.44 bits per heavy atom. The van der Waals surface area contributed by atoms with Crippen LogP contribution < -0.4 is 5.69 Å². The Kier molecular flexibility index (Phi) is 3.20. The van der Waals surface area contributed by atoms with E-state index in [1.165, 1.54) is 6.07 Å². The van der Waals surface area contributed by atoms with Gasteiger partial charge in [-0.15, -0.1) is 0 Å². The summed E-state index contributed by atoms with van der Waals surface area (Å²) in [6.45, 7) is 1.24. The third-order valence-corrected chi connectivity index (χ3v) is 2.81. The number of aromatic amines is 1. The Morgan fingerprint density at radius 3 is 2.78 bits per heavy atom. The summed E-state index contributed by atoms with van der Waals surface area (Å²) in [7, 11) is 3.84. The molecule has 6 nitrogen and oxygen atoms in total. The fourth-order valence-electron chi connectivity index (χ4n) is 1.88. The first-order valence-corrected chi connectivity index (χ1v) is 5.60. The van der Waals surface area contributed by atoms with Gasteiger partial charge in [-0.3, -0.25) is 4.57 Å². The van der Waals surface area contributed by atoms with Crippen LogP contribution in [0.5, 0.6) is 0 Å². The third kappa shape index (κ3) is 2.14. The highest BCUT2D eigenvalue weighted by Gasteiger charge is 2.13. The number of H-pyrrole nitrogens is 1. The fourth-order valence-corrected chi connectivity index (χ4v) is 1.88. The average Bonchev–Trinajstić information content (AvgIpc) is 2.61. The van der Waals surface area contributed by atoms with Crippen LogP contribution in [0.15, 0.2) is 23.0 Å². The molecule has 0 aliphatic carbocycles. The summed E-state index contributed by atoms with van der Waals surface area (Å²) >= 11 is 0. The Labute approximate surface area is 103 Å². The zero-order valence-corrected chi connectivity index (χ0v) is 10.3. The van der Waals surface area contributed by atoms with Crippen molar-refractivity contribution in [3.8, 4) is 0 Å². The minimum absolute atomic E-state index is 0.119. The number of carbonyl (C=O) groups is 1. The van der Waals surface area contributed by atoms with E-state index in [1.807, 2.05) is 19.0 Å². The van der Waals surface area contributed by atoms with Crippen molar-refractivity contribution in [3.63, 3.8) is 0 Å². The van der Waals surface area contributed by atoms with Crippen molar-refractivity contribution in [3.05, 3.63) is 34.2 Å². The number of hydrogen-bond donors (Lipinski definition) is 2. The Balaban J connectivity index is 2.55. The second kappa shape index (κ2) is 4.66. The number of nitrogens with one attached hydrogen (secondary N) is 1. The SMILES string of the molecule is CN(C)CCn1c(=O)[nH]c2c(C(=O)O)cccc21. The average molecular weight is 249 g/mol. The molecule has 0 spiro atoms. The van der Waals surface area contributed by atoms with Crippen LogP contribution in [0.25, 0.3) is 11.0 Å². The summed E-state index contributed by atoms with van der Waals surface area (Å²) in [5.74, 6) is -1.04. The molecule has 2 N–H and O–H groups in total. The minimum atomic E-state index is -1.04. The zero-order chi connectivity index (χ0) is 13.3. The molecule has 0 amide bonds. The number of carboxylic acids is 1. The van der Waals surface area contributed by atoms with E-state index in [0.29, 0.717) is 24.1 Å². The van der Waals surface area contributed by atoms with Gasteiger partial charge in [0.05, 0.1) is 16.6 Å². The first-order chi connectivity index (χ1) is 8.50. The number of likely N-dealkylation sites (N-methyl/N-ethyl adjacent to an activating group) is 1. The molecule has 2 rings (SSSR count). The third-order valence-electron chi connectivity index (χ3n) is 2.81. The quantitative estimate of drug-likeness (QED) is 0.831. The number of para-hydroxylation sites is 1. The van der Waals surface area contributed by atoms with E-state index in [-0.39, 0.29) is 11.3 Å². The molecule has 0 aliphatic rings. The molecule has 2 aromatic rings. The van der Waals surface area contributed by atoms with Crippen LogP contribution in [0, 0.1) is 0 Å². The van der Waals surface area contributed by atoms with E-state index in [9.17, 15) is 9.59 Å². The number of hydrogen-bond acceptors (Lipinski definition) is 3. The van der Waals surface area contributed by atoms with Crippen molar-refractivity contribution in [2.45, 2.75) is 6.54 Å². The van der Waals surface area contributed by atoms with Crippen molar-refractivity contribution < 1.29 is 9.90 Å². The molecule has 6 heteroatoms. The summed E-state index contributed by atoms with van der Waals surface area (Å²) in [5, 5.41) is 9.06. The first-order valence-electron chi connectivity index (χ1n) is 5.60. The summed E-state index contributed by atoms with van der Waals surface area (Å²) in [5.41, 5.74) is 0.851. The van der Waals surface area contributed by atoms with E-state index in [1.54, 1.807) is 16.7 Å². The van der Waals surface area contributed by atoms with Gasteiger partial charge in [-0.25, -0.2) is 9.59 Å². The Bertz CT molecular complexity index is 640.